The lowest BCUT2D eigenvalue weighted by Gasteiger charge is -2.30. The number of ether oxygens (including phenoxy) is 1. The van der Waals surface area contributed by atoms with Gasteiger partial charge in [0.25, 0.3) is 11.8 Å². The molecule has 0 radical (unpaired) electrons. The first-order chi connectivity index (χ1) is 16.7. The van der Waals surface area contributed by atoms with Crippen molar-refractivity contribution in [2.24, 2.45) is 5.73 Å². The molecule has 0 atom stereocenters. The van der Waals surface area contributed by atoms with E-state index in [0.717, 1.165) is 11.0 Å². The monoisotopic (exact) mass is 516 g/mol. The molecule has 35 heavy (non-hydrogen) atoms. The van der Waals surface area contributed by atoms with Crippen LogP contribution in [-0.2, 0) is 9.53 Å². The Bertz CT molecular complexity index is 1330. The topological polar surface area (TPSA) is 106 Å². The second kappa shape index (κ2) is 9.99. The van der Waals surface area contributed by atoms with Gasteiger partial charge in [-0.2, -0.15) is 0 Å². The van der Waals surface area contributed by atoms with Gasteiger partial charge < -0.3 is 15.4 Å². The number of hydrogen-bond acceptors (Lipinski definition) is 5. The van der Waals surface area contributed by atoms with Crippen molar-refractivity contribution in [1.82, 2.24) is 4.98 Å². The SMILES string of the molecule is CN(C(=O)c1c(F)cccc1Cl)c1ncc(-c2cc(C(N)=O)ccc2Cl)cc1N1CCOCC1=O. The average Bonchev–Trinajstić information content (AvgIpc) is 2.83. The summed E-state index contributed by atoms with van der Waals surface area (Å²) in [4.78, 5) is 44.5. The molecule has 11 heteroatoms. The summed E-state index contributed by atoms with van der Waals surface area (Å²) >= 11 is 12.5. The maximum Gasteiger partial charge on any atom is 0.263 e. The zero-order chi connectivity index (χ0) is 25.3. The Morgan fingerprint density at radius 3 is 2.63 bits per heavy atom. The Labute approximate surface area is 210 Å². The number of carbonyl (C=O) groups excluding carboxylic acids is 3. The second-order valence-corrected chi connectivity index (χ2v) is 8.50. The highest BCUT2D eigenvalue weighted by Crippen LogP contribution is 2.36. The number of benzene rings is 2. The number of aromatic nitrogens is 1. The van der Waals surface area contributed by atoms with E-state index in [1.165, 1.54) is 48.5 Å². The van der Waals surface area contributed by atoms with Crippen LogP contribution in [0.1, 0.15) is 20.7 Å². The summed E-state index contributed by atoms with van der Waals surface area (Å²) in [6.07, 6.45) is 1.43. The number of hydrogen-bond donors (Lipinski definition) is 1. The van der Waals surface area contributed by atoms with Gasteiger partial charge in [0, 0.05) is 41.5 Å². The smallest absolute Gasteiger partial charge is 0.263 e. The van der Waals surface area contributed by atoms with Gasteiger partial charge in [0.1, 0.15) is 12.4 Å². The van der Waals surface area contributed by atoms with Crippen molar-refractivity contribution in [2.75, 3.05) is 36.6 Å². The number of rotatable bonds is 5. The maximum atomic E-state index is 14.4. The standard InChI is InChI=1S/C24H19Cl2FN4O4/c1-30(24(34)21-17(26)3-2-4-18(21)27)23-19(31-7-8-35-12-20(31)32)10-14(11-29-23)15-9-13(22(28)33)5-6-16(15)25/h2-6,9-11H,7-8,12H2,1H3,(H2,28,33). The van der Waals surface area contributed by atoms with Crippen LogP contribution in [0.3, 0.4) is 0 Å². The summed E-state index contributed by atoms with van der Waals surface area (Å²) in [7, 11) is 1.40. The molecule has 0 aliphatic carbocycles. The fraction of sp³-hybridized carbons (Fsp3) is 0.167. The van der Waals surface area contributed by atoms with E-state index in [2.05, 4.69) is 4.98 Å². The molecule has 1 fully saturated rings. The molecule has 2 aromatic carbocycles. The average molecular weight is 517 g/mol. The van der Waals surface area contributed by atoms with Crippen molar-refractivity contribution in [2.45, 2.75) is 0 Å². The highest BCUT2D eigenvalue weighted by molar-refractivity contribution is 6.34. The number of morpholine rings is 1. The summed E-state index contributed by atoms with van der Waals surface area (Å²) in [5, 5.41) is 0.267. The summed E-state index contributed by atoms with van der Waals surface area (Å²) in [6.45, 7) is 0.316. The molecule has 180 valence electrons. The third-order valence-electron chi connectivity index (χ3n) is 5.48. The maximum absolute atomic E-state index is 14.4. The number of primary amides is 1. The Morgan fingerprint density at radius 1 is 1.17 bits per heavy atom. The van der Waals surface area contributed by atoms with Crippen LogP contribution < -0.4 is 15.5 Å². The van der Waals surface area contributed by atoms with Gasteiger partial charge in [-0.25, -0.2) is 9.37 Å². The minimum Gasteiger partial charge on any atom is -0.370 e. The molecular formula is C24H19Cl2FN4O4. The molecule has 3 aromatic rings. The molecule has 1 aliphatic heterocycles. The normalized spacial score (nSPS) is 13.6. The molecule has 0 saturated carbocycles. The predicted molar refractivity (Wildman–Crippen MR) is 131 cm³/mol. The van der Waals surface area contributed by atoms with Crippen molar-refractivity contribution in [3.8, 4) is 11.1 Å². The fourth-order valence-corrected chi connectivity index (χ4v) is 4.16. The fourth-order valence-electron chi connectivity index (χ4n) is 3.69. The molecule has 4 rings (SSSR count). The first-order valence-corrected chi connectivity index (χ1v) is 11.1. The van der Waals surface area contributed by atoms with Gasteiger partial charge in [0.05, 0.1) is 22.9 Å². The van der Waals surface area contributed by atoms with Crippen LogP contribution in [0.25, 0.3) is 11.1 Å². The van der Waals surface area contributed by atoms with E-state index in [1.807, 2.05) is 0 Å². The van der Waals surface area contributed by atoms with Crippen LogP contribution in [0.5, 0.6) is 0 Å². The minimum atomic E-state index is -0.787. The van der Waals surface area contributed by atoms with Gasteiger partial charge >= 0.3 is 0 Å². The van der Waals surface area contributed by atoms with E-state index in [0.29, 0.717) is 16.1 Å². The minimum absolute atomic E-state index is 0.0579. The molecule has 1 aromatic heterocycles. The van der Waals surface area contributed by atoms with Gasteiger partial charge in [0.2, 0.25) is 5.91 Å². The lowest BCUT2D eigenvalue weighted by Crippen LogP contribution is -2.43. The highest BCUT2D eigenvalue weighted by atomic mass is 35.5. The Hall–Kier alpha value is -3.53. The van der Waals surface area contributed by atoms with E-state index in [4.69, 9.17) is 33.7 Å². The molecule has 1 saturated heterocycles. The molecular weight excluding hydrogens is 498 g/mol. The zero-order valence-corrected chi connectivity index (χ0v) is 19.9. The third-order valence-corrected chi connectivity index (χ3v) is 6.13. The zero-order valence-electron chi connectivity index (χ0n) is 18.4. The Morgan fingerprint density at radius 2 is 1.94 bits per heavy atom. The van der Waals surface area contributed by atoms with E-state index >= 15 is 0 Å². The van der Waals surface area contributed by atoms with Crippen molar-refractivity contribution in [3.05, 3.63) is 75.7 Å². The van der Waals surface area contributed by atoms with Gasteiger partial charge in [-0.05, 0) is 36.4 Å². The van der Waals surface area contributed by atoms with Crippen LogP contribution in [0.2, 0.25) is 10.0 Å². The van der Waals surface area contributed by atoms with Crippen molar-refractivity contribution < 1.29 is 23.5 Å². The number of nitrogens with zero attached hydrogens (tertiary/aromatic N) is 3. The van der Waals surface area contributed by atoms with Gasteiger partial charge in [0.15, 0.2) is 5.82 Å². The van der Waals surface area contributed by atoms with E-state index < -0.39 is 17.6 Å². The number of anilines is 2. The van der Waals surface area contributed by atoms with Gasteiger partial charge in [-0.15, -0.1) is 0 Å². The molecule has 0 spiro atoms. The molecule has 8 nitrogen and oxygen atoms in total. The quantitative estimate of drug-likeness (QED) is 0.552. The van der Waals surface area contributed by atoms with Crippen LogP contribution in [0.4, 0.5) is 15.9 Å². The summed E-state index contributed by atoms with van der Waals surface area (Å²) in [5.74, 6) is -2.43. The number of nitrogens with two attached hydrogens (primary N) is 1. The van der Waals surface area contributed by atoms with E-state index in [9.17, 15) is 18.8 Å². The highest BCUT2D eigenvalue weighted by Gasteiger charge is 2.29. The lowest BCUT2D eigenvalue weighted by molar-refractivity contribution is -0.125. The summed E-state index contributed by atoms with van der Waals surface area (Å²) < 4.78 is 19.7. The lowest BCUT2D eigenvalue weighted by atomic mass is 10.0. The summed E-state index contributed by atoms with van der Waals surface area (Å²) in [5.41, 5.74) is 6.52. The number of amides is 3. The van der Waals surface area contributed by atoms with Crippen molar-refractivity contribution in [3.63, 3.8) is 0 Å². The van der Waals surface area contributed by atoms with Gasteiger partial charge in [-0.3, -0.25) is 19.3 Å². The van der Waals surface area contributed by atoms with Crippen LogP contribution >= 0.6 is 23.2 Å². The second-order valence-electron chi connectivity index (χ2n) is 7.68. The molecule has 0 unspecified atom stereocenters. The van der Waals surface area contributed by atoms with Crippen molar-refractivity contribution in [1.29, 1.82) is 0 Å². The van der Waals surface area contributed by atoms with E-state index in [1.54, 1.807) is 6.07 Å². The van der Waals surface area contributed by atoms with Crippen molar-refractivity contribution >= 4 is 52.4 Å². The number of carbonyl (C=O) groups is 3. The largest absolute Gasteiger partial charge is 0.370 e. The van der Waals surface area contributed by atoms with Crippen LogP contribution in [0, 0.1) is 5.82 Å². The summed E-state index contributed by atoms with van der Waals surface area (Å²) in [6, 6.07) is 10.1. The molecule has 2 N–H and O–H groups in total. The molecule has 3 amide bonds. The predicted octanol–water partition coefficient (Wildman–Crippen LogP) is 3.93. The molecule has 1 aliphatic rings. The Kier molecular flexibility index (Phi) is 7.02. The van der Waals surface area contributed by atoms with Gasteiger partial charge in [-0.1, -0.05) is 29.3 Å². The first kappa shape index (κ1) is 24.6. The Balaban J connectivity index is 1.85. The molecule has 2 heterocycles. The number of pyridine rings is 1. The van der Waals surface area contributed by atoms with Crippen LogP contribution in [-0.4, -0.2) is 49.5 Å². The molecule has 0 bridgehead atoms. The number of halogens is 3. The third kappa shape index (κ3) is 4.84. The van der Waals surface area contributed by atoms with E-state index in [-0.39, 0.29) is 53.3 Å². The van der Waals surface area contributed by atoms with Crippen LogP contribution in [0.15, 0.2) is 48.7 Å². The first-order valence-electron chi connectivity index (χ1n) is 10.4.